The zero-order valence-corrected chi connectivity index (χ0v) is 11.0. The van der Waals surface area contributed by atoms with E-state index < -0.39 is 5.60 Å². The van der Waals surface area contributed by atoms with E-state index in [4.69, 9.17) is 4.74 Å². The fraction of sp³-hybridized carbons (Fsp3) is 0.917. The average molecular weight is 228 g/mol. The van der Waals surface area contributed by atoms with Gasteiger partial charge in [-0.25, -0.2) is 4.79 Å². The molecule has 0 aromatic heterocycles. The van der Waals surface area contributed by atoms with E-state index in [0.29, 0.717) is 6.04 Å². The van der Waals surface area contributed by atoms with Crippen molar-refractivity contribution in [3.63, 3.8) is 0 Å². The molecule has 1 aliphatic rings. The van der Waals surface area contributed by atoms with Gasteiger partial charge in [0, 0.05) is 18.6 Å². The van der Waals surface area contributed by atoms with E-state index in [-0.39, 0.29) is 12.1 Å². The summed E-state index contributed by atoms with van der Waals surface area (Å²) >= 11 is 0. The minimum atomic E-state index is -0.419. The van der Waals surface area contributed by atoms with Crippen LogP contribution in [0.4, 0.5) is 4.79 Å². The second-order valence-electron chi connectivity index (χ2n) is 5.71. The molecule has 16 heavy (non-hydrogen) atoms. The van der Waals surface area contributed by atoms with E-state index >= 15 is 0 Å². The largest absolute Gasteiger partial charge is 0.444 e. The molecular weight excluding hydrogens is 204 g/mol. The van der Waals surface area contributed by atoms with Crippen LogP contribution in [0.2, 0.25) is 0 Å². The highest BCUT2D eigenvalue weighted by Crippen LogP contribution is 2.15. The summed E-state index contributed by atoms with van der Waals surface area (Å²) in [6.07, 6.45) is 1.85. The third-order valence-electron chi connectivity index (χ3n) is 2.91. The predicted molar refractivity (Wildman–Crippen MR) is 64.5 cm³/mol. The number of carbonyl (C=O) groups excluding carboxylic acids is 1. The fourth-order valence-electron chi connectivity index (χ4n) is 1.87. The van der Waals surface area contributed by atoms with Crippen molar-refractivity contribution in [2.75, 3.05) is 13.6 Å². The standard InChI is InChI=1S/C12H24N2O2/c1-9-6-7-10(8-14(9)5)13-11(15)16-12(2,3)4/h9-10H,6-8H2,1-5H3,(H,13,15). The molecule has 1 aliphatic heterocycles. The number of piperidine rings is 1. The molecule has 1 heterocycles. The van der Waals surface area contributed by atoms with Crippen molar-refractivity contribution < 1.29 is 9.53 Å². The summed E-state index contributed by atoms with van der Waals surface area (Å²) in [5, 5.41) is 2.92. The van der Waals surface area contributed by atoms with Crippen molar-refractivity contribution in [1.82, 2.24) is 10.2 Å². The molecule has 1 fully saturated rings. The molecule has 94 valence electrons. The van der Waals surface area contributed by atoms with Gasteiger partial charge in [0.15, 0.2) is 0 Å². The van der Waals surface area contributed by atoms with Gasteiger partial charge in [0.05, 0.1) is 0 Å². The molecule has 4 nitrogen and oxygen atoms in total. The minimum absolute atomic E-state index is 0.219. The van der Waals surface area contributed by atoms with Crippen LogP contribution in [0.3, 0.4) is 0 Å². The van der Waals surface area contributed by atoms with Crippen LogP contribution in [0.5, 0.6) is 0 Å². The molecule has 0 radical (unpaired) electrons. The number of nitrogens with one attached hydrogen (secondary N) is 1. The van der Waals surface area contributed by atoms with Gasteiger partial charge < -0.3 is 15.0 Å². The van der Waals surface area contributed by atoms with Crippen molar-refractivity contribution in [1.29, 1.82) is 0 Å². The maximum Gasteiger partial charge on any atom is 0.407 e. The highest BCUT2D eigenvalue weighted by Gasteiger charge is 2.25. The number of likely N-dealkylation sites (tertiary alicyclic amines) is 1. The Morgan fingerprint density at radius 3 is 2.50 bits per heavy atom. The van der Waals surface area contributed by atoms with Crippen molar-refractivity contribution in [3.05, 3.63) is 0 Å². The van der Waals surface area contributed by atoms with Crippen LogP contribution in [-0.4, -0.2) is 42.3 Å². The van der Waals surface area contributed by atoms with Crippen LogP contribution in [0.1, 0.15) is 40.5 Å². The Balaban J connectivity index is 2.35. The van der Waals surface area contributed by atoms with E-state index in [2.05, 4.69) is 24.2 Å². The van der Waals surface area contributed by atoms with Crippen LogP contribution >= 0.6 is 0 Å². The van der Waals surface area contributed by atoms with Crippen molar-refractivity contribution >= 4 is 6.09 Å². The summed E-state index contributed by atoms with van der Waals surface area (Å²) in [7, 11) is 2.09. The number of likely N-dealkylation sites (N-methyl/N-ethyl adjacent to an activating group) is 1. The normalized spacial score (nSPS) is 27.6. The number of hydrogen-bond acceptors (Lipinski definition) is 3. The summed E-state index contributed by atoms with van der Waals surface area (Å²) in [6.45, 7) is 8.75. The topological polar surface area (TPSA) is 41.6 Å². The Morgan fingerprint density at radius 2 is 2.00 bits per heavy atom. The van der Waals surface area contributed by atoms with Crippen molar-refractivity contribution in [2.24, 2.45) is 0 Å². The predicted octanol–water partition coefficient (Wildman–Crippen LogP) is 1.99. The van der Waals surface area contributed by atoms with Gasteiger partial charge in [0.1, 0.15) is 5.60 Å². The monoisotopic (exact) mass is 228 g/mol. The molecule has 0 spiro atoms. The molecule has 0 saturated carbocycles. The Labute approximate surface area is 98.3 Å². The SMILES string of the molecule is CC1CCC(NC(=O)OC(C)(C)C)CN1C. The molecule has 1 N–H and O–H groups in total. The zero-order valence-electron chi connectivity index (χ0n) is 11.0. The summed E-state index contributed by atoms with van der Waals surface area (Å²) in [5.41, 5.74) is -0.419. The highest BCUT2D eigenvalue weighted by atomic mass is 16.6. The first-order valence-electron chi connectivity index (χ1n) is 5.97. The van der Waals surface area contributed by atoms with Crippen LogP contribution in [0.25, 0.3) is 0 Å². The third kappa shape index (κ3) is 4.39. The minimum Gasteiger partial charge on any atom is -0.444 e. The number of carbonyl (C=O) groups is 1. The Kier molecular flexibility index (Phi) is 4.19. The van der Waals surface area contributed by atoms with Gasteiger partial charge >= 0.3 is 6.09 Å². The van der Waals surface area contributed by atoms with Gasteiger partial charge in [0.2, 0.25) is 0 Å². The molecule has 0 aromatic carbocycles. The summed E-state index contributed by atoms with van der Waals surface area (Å²) in [6, 6.07) is 0.827. The maximum absolute atomic E-state index is 11.6. The fourth-order valence-corrected chi connectivity index (χ4v) is 1.87. The second-order valence-corrected chi connectivity index (χ2v) is 5.71. The smallest absolute Gasteiger partial charge is 0.407 e. The molecule has 0 aliphatic carbocycles. The van der Waals surface area contributed by atoms with E-state index in [1.807, 2.05) is 20.8 Å². The quantitative estimate of drug-likeness (QED) is 0.746. The van der Waals surface area contributed by atoms with Gasteiger partial charge in [-0.3, -0.25) is 0 Å². The first kappa shape index (κ1) is 13.3. The number of ether oxygens (including phenoxy) is 1. The van der Waals surface area contributed by atoms with Gasteiger partial charge in [-0.15, -0.1) is 0 Å². The van der Waals surface area contributed by atoms with Crippen LogP contribution in [0.15, 0.2) is 0 Å². The van der Waals surface area contributed by atoms with Gasteiger partial charge in [-0.2, -0.15) is 0 Å². The van der Waals surface area contributed by atoms with E-state index in [0.717, 1.165) is 19.4 Å². The summed E-state index contributed by atoms with van der Waals surface area (Å²) < 4.78 is 5.23. The lowest BCUT2D eigenvalue weighted by atomic mass is 10.0. The van der Waals surface area contributed by atoms with E-state index in [1.165, 1.54) is 0 Å². The lowest BCUT2D eigenvalue weighted by Crippen LogP contribution is -2.50. The number of amides is 1. The molecule has 1 amide bonds. The van der Waals surface area contributed by atoms with E-state index in [9.17, 15) is 4.79 Å². The van der Waals surface area contributed by atoms with Crippen LogP contribution < -0.4 is 5.32 Å². The van der Waals surface area contributed by atoms with Gasteiger partial charge in [-0.1, -0.05) is 0 Å². The molecule has 1 rings (SSSR count). The first-order valence-corrected chi connectivity index (χ1v) is 5.97. The number of rotatable bonds is 1. The van der Waals surface area contributed by atoms with Crippen molar-refractivity contribution in [2.45, 2.75) is 58.2 Å². The Morgan fingerprint density at radius 1 is 1.38 bits per heavy atom. The lowest BCUT2D eigenvalue weighted by molar-refractivity contribution is 0.0463. The lowest BCUT2D eigenvalue weighted by Gasteiger charge is -2.35. The maximum atomic E-state index is 11.6. The molecular formula is C12H24N2O2. The molecule has 0 aromatic rings. The number of hydrogen-bond donors (Lipinski definition) is 1. The van der Waals surface area contributed by atoms with Crippen LogP contribution in [0, 0.1) is 0 Å². The van der Waals surface area contributed by atoms with Gasteiger partial charge in [-0.05, 0) is 47.6 Å². The highest BCUT2D eigenvalue weighted by molar-refractivity contribution is 5.68. The Bertz CT molecular complexity index is 248. The summed E-state index contributed by atoms with van der Waals surface area (Å²) in [5.74, 6) is 0. The number of alkyl carbamates (subject to hydrolysis) is 1. The summed E-state index contributed by atoms with van der Waals surface area (Å²) in [4.78, 5) is 13.8. The number of nitrogens with zero attached hydrogens (tertiary/aromatic N) is 1. The Hall–Kier alpha value is -0.770. The van der Waals surface area contributed by atoms with Crippen LogP contribution in [-0.2, 0) is 4.74 Å². The first-order chi connectivity index (χ1) is 7.28. The molecule has 0 bridgehead atoms. The molecule has 2 unspecified atom stereocenters. The van der Waals surface area contributed by atoms with Gasteiger partial charge in [0.25, 0.3) is 0 Å². The molecule has 1 saturated heterocycles. The molecule has 4 heteroatoms. The molecule has 2 atom stereocenters. The van der Waals surface area contributed by atoms with E-state index in [1.54, 1.807) is 0 Å². The zero-order chi connectivity index (χ0) is 12.3. The van der Waals surface area contributed by atoms with Crippen molar-refractivity contribution in [3.8, 4) is 0 Å². The third-order valence-corrected chi connectivity index (χ3v) is 2.91. The second kappa shape index (κ2) is 5.04. The average Bonchev–Trinajstić information content (AvgIpc) is 2.08.